The molecule has 2 aliphatic heterocycles. The molecule has 2 aromatic carbocycles. The number of benzene rings is 2. The fourth-order valence-corrected chi connectivity index (χ4v) is 7.71. The number of carboxylic acids is 2. The van der Waals surface area contributed by atoms with Crippen LogP contribution >= 0.6 is 34.9 Å². The lowest BCUT2D eigenvalue weighted by Gasteiger charge is -2.41. The highest BCUT2D eigenvalue weighted by atomic mass is 35.5. The lowest BCUT2D eigenvalue weighted by atomic mass is 9.93. The fraction of sp³-hybridized carbons (Fsp3) is 0.441. The Bertz CT molecular complexity index is 1550. The molecule has 9 nitrogen and oxygen atoms in total. The van der Waals surface area contributed by atoms with E-state index in [2.05, 4.69) is 28.8 Å². The van der Waals surface area contributed by atoms with Gasteiger partial charge in [0, 0.05) is 43.0 Å². The molecule has 0 aliphatic carbocycles. The Labute approximate surface area is 289 Å². The molecule has 0 bridgehead atoms. The number of amides is 1. The zero-order chi connectivity index (χ0) is 34.7. The van der Waals surface area contributed by atoms with Gasteiger partial charge in [0.25, 0.3) is 0 Å². The Hall–Kier alpha value is -3.16. The Morgan fingerprint density at radius 2 is 1.85 bits per heavy atom. The summed E-state index contributed by atoms with van der Waals surface area (Å²) < 4.78 is 16.4. The van der Waals surface area contributed by atoms with E-state index >= 15 is 0 Å². The van der Waals surface area contributed by atoms with Crippen molar-refractivity contribution in [2.24, 2.45) is 5.92 Å². The van der Waals surface area contributed by atoms with E-state index in [4.69, 9.17) is 27.5 Å². The van der Waals surface area contributed by atoms with Crippen LogP contribution in [0.1, 0.15) is 74.2 Å². The number of carboxylic acid groups (broad SMARTS) is 2. The van der Waals surface area contributed by atoms with Crippen molar-refractivity contribution in [3.05, 3.63) is 69.3 Å². The molecule has 1 aromatic heterocycles. The van der Waals surface area contributed by atoms with E-state index < -0.39 is 11.9 Å². The summed E-state index contributed by atoms with van der Waals surface area (Å²) in [6.07, 6.45) is 4.54. The molecule has 2 fully saturated rings. The van der Waals surface area contributed by atoms with Crippen molar-refractivity contribution in [2.75, 3.05) is 30.7 Å². The van der Waals surface area contributed by atoms with Gasteiger partial charge in [0.05, 0.1) is 21.5 Å². The Kier molecular flexibility index (Phi) is 14.5. The lowest BCUT2D eigenvalue weighted by molar-refractivity contribution is -0.136. The maximum Gasteiger partial charge on any atom is 0.346 e. The molecule has 256 valence electrons. The summed E-state index contributed by atoms with van der Waals surface area (Å²) in [6.45, 7) is 10.5. The van der Waals surface area contributed by atoms with Crippen LogP contribution in [0, 0.1) is 11.7 Å². The van der Waals surface area contributed by atoms with Crippen LogP contribution in [-0.2, 0) is 21.8 Å². The van der Waals surface area contributed by atoms with Gasteiger partial charge in [-0.1, -0.05) is 62.0 Å². The summed E-state index contributed by atoms with van der Waals surface area (Å²) in [5, 5.41) is 23.2. The molecule has 2 saturated heterocycles. The van der Waals surface area contributed by atoms with Crippen molar-refractivity contribution in [2.45, 2.75) is 71.1 Å². The van der Waals surface area contributed by atoms with Crippen LogP contribution in [0.5, 0.6) is 0 Å². The minimum atomic E-state index is -0.936. The van der Waals surface area contributed by atoms with Gasteiger partial charge in [-0.3, -0.25) is 9.59 Å². The summed E-state index contributed by atoms with van der Waals surface area (Å²) in [5.41, 5.74) is 9.43. The smallest absolute Gasteiger partial charge is 0.346 e. The van der Waals surface area contributed by atoms with Crippen LogP contribution in [0.3, 0.4) is 0 Å². The highest BCUT2D eigenvalue weighted by Gasteiger charge is 2.30. The summed E-state index contributed by atoms with van der Waals surface area (Å²) in [5.74, 6) is -1.41. The molecular formula is C34H44ClFN4O5S2. The van der Waals surface area contributed by atoms with Crippen LogP contribution in [0.4, 0.5) is 15.8 Å². The van der Waals surface area contributed by atoms with Gasteiger partial charge in [-0.05, 0) is 74.1 Å². The highest BCUT2D eigenvalue weighted by molar-refractivity contribution is 7.96. The number of nitrogen functional groups attached to an aromatic ring is 1. The van der Waals surface area contributed by atoms with E-state index in [-0.39, 0.29) is 29.6 Å². The second kappa shape index (κ2) is 17.8. The molecule has 0 saturated carbocycles. The molecule has 47 heavy (non-hydrogen) atoms. The first-order valence-corrected chi connectivity index (χ1v) is 17.7. The van der Waals surface area contributed by atoms with Crippen LogP contribution in [-0.4, -0.2) is 57.5 Å². The quantitative estimate of drug-likeness (QED) is 0.111. The second-order valence-electron chi connectivity index (χ2n) is 11.9. The first kappa shape index (κ1) is 38.3. The number of nitrogens with two attached hydrogens (primary N) is 1. The zero-order valence-electron chi connectivity index (χ0n) is 27.2. The van der Waals surface area contributed by atoms with Crippen molar-refractivity contribution in [1.29, 1.82) is 0 Å². The Morgan fingerprint density at radius 3 is 2.38 bits per heavy atom. The fourth-order valence-electron chi connectivity index (χ4n) is 4.90. The van der Waals surface area contributed by atoms with Gasteiger partial charge in [-0.15, -0.1) is 11.3 Å². The Balaban J connectivity index is 0.000000230. The molecule has 1 amide bonds. The molecule has 3 aromatic rings. The van der Waals surface area contributed by atoms with Crippen LogP contribution < -0.4 is 16.4 Å². The lowest BCUT2D eigenvalue weighted by Crippen LogP contribution is -2.48. The number of anilines is 2. The third-order valence-electron chi connectivity index (χ3n) is 7.84. The molecule has 6 N–H and O–H groups in total. The monoisotopic (exact) mass is 706 g/mol. The van der Waals surface area contributed by atoms with E-state index in [0.717, 1.165) is 28.3 Å². The van der Waals surface area contributed by atoms with Crippen LogP contribution in [0.15, 0.2) is 42.5 Å². The summed E-state index contributed by atoms with van der Waals surface area (Å²) in [7, 11) is 0. The second-order valence-corrected chi connectivity index (χ2v) is 14.3. The number of aliphatic carboxylic acids is 1. The minimum Gasteiger partial charge on any atom is -0.481 e. The molecule has 5 rings (SSSR count). The van der Waals surface area contributed by atoms with E-state index in [1.807, 2.05) is 19.1 Å². The van der Waals surface area contributed by atoms with Crippen molar-refractivity contribution in [1.82, 2.24) is 9.62 Å². The van der Waals surface area contributed by atoms with Gasteiger partial charge >= 0.3 is 11.9 Å². The molecular weight excluding hydrogens is 663 g/mol. The largest absolute Gasteiger partial charge is 0.481 e. The predicted molar refractivity (Wildman–Crippen MR) is 191 cm³/mol. The first-order valence-electron chi connectivity index (χ1n) is 15.6. The molecule has 0 unspecified atom stereocenters. The molecule has 3 heterocycles. The minimum absolute atomic E-state index is 0.0448. The van der Waals surface area contributed by atoms with Crippen molar-refractivity contribution < 1.29 is 29.0 Å². The summed E-state index contributed by atoms with van der Waals surface area (Å²) >= 11 is 9.26. The third kappa shape index (κ3) is 10.9. The molecule has 0 atom stereocenters. The van der Waals surface area contributed by atoms with Gasteiger partial charge in [-0.2, -0.15) is 0 Å². The summed E-state index contributed by atoms with van der Waals surface area (Å²) in [6, 6.07) is 12.3. The number of hydrogen-bond acceptors (Lipinski definition) is 8. The highest BCUT2D eigenvalue weighted by Crippen LogP contribution is 2.41. The topological polar surface area (TPSA) is 145 Å². The standard InChI is InChI=1S/C18H26FN3OS.C13H12ClNO2S.C3H6O2/c1-18(2)7-3-4-8-22(18)24-12-13-5-6-15(19)16(9-13)21-17(23)14-10-20-11-14;1-2-9-10(14)11(18-12(9)13(16)17)7-4-3-5-8(15)6-7;1-2-3(4)5/h5-6,9,14,20H,3-4,7-8,10-12H2,1-2H3,(H,21,23);3-6H,2,15H2,1H3,(H,16,17);2H2,1H3,(H,4,5). The number of piperidine rings is 1. The van der Waals surface area contributed by atoms with Gasteiger partial charge in [-0.25, -0.2) is 13.5 Å². The van der Waals surface area contributed by atoms with E-state index in [1.54, 1.807) is 43.1 Å². The number of nitrogens with one attached hydrogen (secondary N) is 2. The number of halogens is 2. The first-order chi connectivity index (χ1) is 22.3. The zero-order valence-corrected chi connectivity index (χ0v) is 29.6. The predicted octanol–water partition coefficient (Wildman–Crippen LogP) is 7.79. The third-order valence-corrected chi connectivity index (χ3v) is 11.1. The van der Waals surface area contributed by atoms with E-state index in [9.17, 15) is 18.8 Å². The average Bonchev–Trinajstić information content (AvgIpc) is 3.34. The molecule has 13 heteroatoms. The van der Waals surface area contributed by atoms with Crippen LogP contribution in [0.2, 0.25) is 5.02 Å². The number of nitrogens with zero attached hydrogens (tertiary/aromatic N) is 1. The van der Waals surface area contributed by atoms with Gasteiger partial charge in [0.2, 0.25) is 5.91 Å². The maximum absolute atomic E-state index is 14.0. The SMILES string of the molecule is CC1(C)CCCCN1SCc1ccc(F)c(NC(=O)C2CNC2)c1.CCC(=O)O.CCc1c(C(=O)O)sc(-c2cccc(N)c2)c1Cl. The molecule has 2 aliphatic rings. The number of carbonyl (C=O) groups excluding carboxylic acids is 1. The number of rotatable bonds is 9. The van der Waals surface area contributed by atoms with Crippen molar-refractivity contribution in [3.63, 3.8) is 0 Å². The Morgan fingerprint density at radius 1 is 1.15 bits per heavy atom. The molecule has 0 radical (unpaired) electrons. The summed E-state index contributed by atoms with van der Waals surface area (Å²) in [4.78, 5) is 33.6. The van der Waals surface area contributed by atoms with Crippen molar-refractivity contribution in [3.8, 4) is 10.4 Å². The van der Waals surface area contributed by atoms with Gasteiger partial charge < -0.3 is 26.6 Å². The van der Waals surface area contributed by atoms with Crippen molar-refractivity contribution >= 4 is 64.1 Å². The number of thiophene rings is 1. The normalized spacial score (nSPS) is 15.7. The number of carbonyl (C=O) groups is 3. The van der Waals surface area contributed by atoms with E-state index in [0.29, 0.717) is 46.3 Å². The van der Waals surface area contributed by atoms with Gasteiger partial charge in [0.1, 0.15) is 10.7 Å². The van der Waals surface area contributed by atoms with E-state index in [1.165, 1.54) is 36.7 Å². The van der Waals surface area contributed by atoms with Gasteiger partial charge in [0.15, 0.2) is 0 Å². The maximum atomic E-state index is 14.0. The average molecular weight is 707 g/mol. The number of aromatic carboxylic acids is 1. The molecule has 0 spiro atoms. The van der Waals surface area contributed by atoms with Crippen LogP contribution in [0.25, 0.3) is 10.4 Å². The number of hydrogen-bond donors (Lipinski definition) is 5.